The van der Waals surface area contributed by atoms with Crippen molar-refractivity contribution in [2.45, 2.75) is 12.5 Å². The number of urea groups is 1. The van der Waals surface area contributed by atoms with Gasteiger partial charge in [0.2, 0.25) is 11.0 Å². The number of aromatic amines is 1. The van der Waals surface area contributed by atoms with Crippen LogP contribution in [0.25, 0.3) is 0 Å². The molecule has 4 N–H and O–H groups in total. The minimum Gasteiger partial charge on any atom is -0.379 e. The summed E-state index contributed by atoms with van der Waals surface area (Å²) in [5.74, 6) is -0.230. The molecule has 2 aromatic rings. The van der Waals surface area contributed by atoms with Crippen molar-refractivity contribution < 1.29 is 14.3 Å². The molecule has 0 radical (unpaired) electrons. The Labute approximate surface area is 177 Å². The number of H-pyrrole nitrogens is 1. The number of carbonyl (C=O) groups excluding carboxylic acids is 2. The molecule has 0 saturated carbocycles. The molecule has 1 aromatic carbocycles. The van der Waals surface area contributed by atoms with Gasteiger partial charge in [0.1, 0.15) is 6.04 Å². The molecule has 0 unspecified atom stereocenters. The van der Waals surface area contributed by atoms with E-state index in [0.717, 1.165) is 36.5 Å². The van der Waals surface area contributed by atoms with Crippen LogP contribution in [0.2, 0.25) is 0 Å². The highest BCUT2D eigenvalue weighted by Crippen LogP contribution is 2.11. The lowest BCUT2D eigenvalue weighted by Gasteiger charge is -2.27. The summed E-state index contributed by atoms with van der Waals surface area (Å²) in [5, 5.41) is 15.1. The summed E-state index contributed by atoms with van der Waals surface area (Å²) in [4.78, 5) is 27.3. The Morgan fingerprint density at radius 2 is 2.03 bits per heavy atom. The molecule has 1 aliphatic rings. The van der Waals surface area contributed by atoms with Crippen LogP contribution in [-0.4, -0.2) is 72.5 Å². The van der Waals surface area contributed by atoms with Gasteiger partial charge in [-0.2, -0.15) is 0 Å². The lowest BCUT2D eigenvalue weighted by molar-refractivity contribution is -0.122. The summed E-state index contributed by atoms with van der Waals surface area (Å²) >= 11 is 6.10. The number of amides is 3. The van der Waals surface area contributed by atoms with Crippen molar-refractivity contribution in [2.75, 3.05) is 44.7 Å². The number of benzene rings is 1. The molecule has 1 aromatic heterocycles. The average Bonchev–Trinajstić information content (AvgIpc) is 3.13. The van der Waals surface area contributed by atoms with E-state index in [9.17, 15) is 9.59 Å². The van der Waals surface area contributed by atoms with Crippen LogP contribution in [-0.2, 0) is 16.0 Å². The van der Waals surface area contributed by atoms with Crippen molar-refractivity contribution in [2.24, 2.45) is 0 Å². The minimum absolute atomic E-state index is 0.230. The fourth-order valence-electron chi connectivity index (χ4n) is 2.92. The van der Waals surface area contributed by atoms with Crippen LogP contribution in [0.1, 0.15) is 5.56 Å². The first-order valence-corrected chi connectivity index (χ1v) is 10.6. The summed E-state index contributed by atoms with van der Waals surface area (Å²) in [6, 6.07) is 8.34. The predicted octanol–water partition coefficient (Wildman–Crippen LogP) is 1.38. The van der Waals surface area contributed by atoms with E-state index in [4.69, 9.17) is 17.0 Å². The number of ether oxygens (including phenoxy) is 1. The highest BCUT2D eigenvalue weighted by molar-refractivity contribution is 7.73. The van der Waals surface area contributed by atoms with Crippen molar-refractivity contribution >= 4 is 40.6 Å². The number of anilines is 1. The zero-order valence-corrected chi connectivity index (χ0v) is 17.5. The molecule has 2 heterocycles. The van der Waals surface area contributed by atoms with E-state index in [1.807, 2.05) is 30.3 Å². The van der Waals surface area contributed by atoms with Crippen LogP contribution in [0.3, 0.4) is 0 Å². The molecule has 0 aliphatic carbocycles. The van der Waals surface area contributed by atoms with E-state index in [-0.39, 0.29) is 5.91 Å². The molecular weight excluding hydrogens is 412 g/mol. The highest BCUT2D eigenvalue weighted by Gasteiger charge is 2.22. The smallest absolute Gasteiger partial charge is 0.321 e. The Hall–Kier alpha value is -2.34. The Balaban J connectivity index is 1.56. The second-order valence-electron chi connectivity index (χ2n) is 6.50. The first-order valence-electron chi connectivity index (χ1n) is 9.35. The molecule has 1 aliphatic heterocycles. The maximum atomic E-state index is 12.7. The fraction of sp³-hybridized carbons (Fsp3) is 0.444. The number of nitrogens with one attached hydrogen (secondary N) is 4. The average molecular weight is 437 g/mol. The zero-order chi connectivity index (χ0) is 20.5. The molecule has 9 nitrogen and oxygen atoms in total. The molecule has 1 fully saturated rings. The van der Waals surface area contributed by atoms with Crippen LogP contribution in [0.5, 0.6) is 0 Å². The van der Waals surface area contributed by atoms with Crippen molar-refractivity contribution in [3.8, 4) is 0 Å². The van der Waals surface area contributed by atoms with Gasteiger partial charge in [-0.05, 0) is 17.8 Å². The lowest BCUT2D eigenvalue weighted by Crippen LogP contribution is -2.51. The first kappa shape index (κ1) is 21.4. The van der Waals surface area contributed by atoms with Crippen LogP contribution in [0, 0.1) is 3.95 Å². The van der Waals surface area contributed by atoms with E-state index in [1.165, 1.54) is 0 Å². The van der Waals surface area contributed by atoms with E-state index < -0.39 is 12.1 Å². The predicted molar refractivity (Wildman–Crippen MR) is 114 cm³/mol. The largest absolute Gasteiger partial charge is 0.379 e. The van der Waals surface area contributed by atoms with Gasteiger partial charge in [0.05, 0.1) is 13.2 Å². The molecule has 29 heavy (non-hydrogen) atoms. The first-order chi connectivity index (χ1) is 14.1. The third-order valence-corrected chi connectivity index (χ3v) is 5.40. The summed E-state index contributed by atoms with van der Waals surface area (Å²) in [6.07, 6.45) is 0.383. The fourth-order valence-corrected chi connectivity index (χ4v) is 3.70. The van der Waals surface area contributed by atoms with Gasteiger partial charge < -0.3 is 15.4 Å². The van der Waals surface area contributed by atoms with Crippen molar-refractivity contribution in [1.82, 2.24) is 25.7 Å². The van der Waals surface area contributed by atoms with Crippen LogP contribution in [0.4, 0.5) is 9.93 Å². The van der Waals surface area contributed by atoms with E-state index in [2.05, 4.69) is 31.0 Å². The number of morpholine rings is 1. The molecule has 3 rings (SSSR count). The number of hydrogen-bond donors (Lipinski definition) is 4. The molecule has 0 bridgehead atoms. The summed E-state index contributed by atoms with van der Waals surface area (Å²) < 4.78 is 5.79. The van der Waals surface area contributed by atoms with E-state index in [0.29, 0.717) is 35.3 Å². The monoisotopic (exact) mass is 436 g/mol. The second-order valence-corrected chi connectivity index (χ2v) is 8.17. The Morgan fingerprint density at radius 1 is 1.28 bits per heavy atom. The van der Waals surface area contributed by atoms with Gasteiger partial charge in [-0.1, -0.05) is 41.7 Å². The number of hydrogen-bond acceptors (Lipinski definition) is 7. The van der Waals surface area contributed by atoms with Gasteiger partial charge in [0.25, 0.3) is 0 Å². The van der Waals surface area contributed by atoms with Gasteiger partial charge in [0, 0.05) is 32.6 Å². The summed E-state index contributed by atoms with van der Waals surface area (Å²) in [7, 11) is 0. The number of carbonyl (C=O) groups is 2. The molecule has 156 valence electrons. The molecule has 11 heteroatoms. The molecule has 0 spiro atoms. The zero-order valence-electron chi connectivity index (χ0n) is 15.8. The minimum atomic E-state index is -0.714. The van der Waals surface area contributed by atoms with Gasteiger partial charge in [-0.15, -0.1) is 5.10 Å². The van der Waals surface area contributed by atoms with Crippen LogP contribution < -0.4 is 16.0 Å². The lowest BCUT2D eigenvalue weighted by atomic mass is 10.1. The summed E-state index contributed by atoms with van der Waals surface area (Å²) in [6.45, 7) is 4.41. The quantitative estimate of drug-likeness (QED) is 0.465. The molecule has 1 saturated heterocycles. The van der Waals surface area contributed by atoms with Crippen molar-refractivity contribution in [1.29, 1.82) is 0 Å². The number of rotatable bonds is 8. The third-order valence-electron chi connectivity index (χ3n) is 4.39. The van der Waals surface area contributed by atoms with E-state index >= 15 is 0 Å². The Kier molecular flexibility index (Phi) is 8.11. The Morgan fingerprint density at radius 3 is 2.72 bits per heavy atom. The van der Waals surface area contributed by atoms with Gasteiger partial charge in [-0.25, -0.2) is 4.79 Å². The summed E-state index contributed by atoms with van der Waals surface area (Å²) in [5.41, 5.74) is 0.955. The standard InChI is InChI=1S/C18H24N6O3S2/c25-15(19-6-7-24-8-10-27-11-9-24)14(12-13-4-2-1-3-5-13)20-16(26)21-17-22-23-18(28)29-17/h1-5,14H,6-12H2,(H,19,25)(H,23,28)(H2,20,21,22,26)/t14-/m0/s1. The van der Waals surface area contributed by atoms with Crippen LogP contribution >= 0.6 is 23.6 Å². The van der Waals surface area contributed by atoms with Crippen LogP contribution in [0.15, 0.2) is 30.3 Å². The maximum absolute atomic E-state index is 12.7. The molecular formula is C18H24N6O3S2. The van der Waals surface area contributed by atoms with Crippen molar-refractivity contribution in [3.05, 3.63) is 39.8 Å². The van der Waals surface area contributed by atoms with Gasteiger partial charge >= 0.3 is 6.03 Å². The van der Waals surface area contributed by atoms with E-state index in [1.54, 1.807) is 0 Å². The number of nitrogens with zero attached hydrogens (tertiary/aromatic N) is 2. The highest BCUT2D eigenvalue weighted by atomic mass is 32.1. The topological polar surface area (TPSA) is 111 Å². The second kappa shape index (κ2) is 11.0. The Bertz CT molecular complexity index is 851. The SMILES string of the molecule is O=C(Nc1n[nH]c(=S)s1)N[C@@H](Cc1ccccc1)C(=O)NCCN1CCOCC1. The number of aromatic nitrogens is 2. The maximum Gasteiger partial charge on any atom is 0.321 e. The van der Waals surface area contributed by atoms with Crippen molar-refractivity contribution in [3.63, 3.8) is 0 Å². The molecule has 3 amide bonds. The third kappa shape index (κ3) is 7.20. The molecule has 1 atom stereocenters. The van der Waals surface area contributed by atoms with Gasteiger partial charge in [0.15, 0.2) is 3.95 Å². The van der Waals surface area contributed by atoms with Gasteiger partial charge in [-0.3, -0.25) is 20.1 Å². The normalized spacial score (nSPS) is 15.4.